The first-order valence-electron chi connectivity index (χ1n) is 19.8. The molecule has 6 heteroatoms. The average Bonchev–Trinajstić information content (AvgIpc) is 3.06. The van der Waals surface area contributed by atoms with Gasteiger partial charge in [-0.2, -0.15) is 0 Å². The maximum Gasteiger partial charge on any atom is 0.306 e. The zero-order valence-electron chi connectivity index (χ0n) is 31.0. The van der Waals surface area contributed by atoms with Crippen LogP contribution < -0.4 is 0 Å². The molecule has 0 spiro atoms. The van der Waals surface area contributed by atoms with Crippen molar-refractivity contribution in [2.45, 2.75) is 207 Å². The highest BCUT2D eigenvalue weighted by Crippen LogP contribution is 2.13. The molecule has 0 saturated carbocycles. The highest BCUT2D eigenvalue weighted by Gasteiger charge is 2.19. The van der Waals surface area contributed by atoms with Gasteiger partial charge in [0.2, 0.25) is 0 Å². The van der Waals surface area contributed by atoms with E-state index >= 15 is 0 Å². The van der Waals surface area contributed by atoms with Crippen LogP contribution in [0.5, 0.6) is 0 Å². The highest BCUT2D eigenvalue weighted by atomic mass is 16.6. The lowest BCUT2D eigenvalue weighted by molar-refractivity contribution is -0.167. The van der Waals surface area contributed by atoms with Gasteiger partial charge < -0.3 is 14.2 Å². The number of allylic oxidation sites excluding steroid dienone is 4. The molecule has 0 aliphatic heterocycles. The van der Waals surface area contributed by atoms with Gasteiger partial charge in [0.15, 0.2) is 6.10 Å². The van der Waals surface area contributed by atoms with E-state index in [4.69, 9.17) is 14.2 Å². The van der Waals surface area contributed by atoms with Crippen LogP contribution in [0.1, 0.15) is 201 Å². The van der Waals surface area contributed by atoms with E-state index in [1.54, 1.807) is 0 Å². The second kappa shape index (κ2) is 36.7. The van der Waals surface area contributed by atoms with Gasteiger partial charge in [-0.05, 0) is 57.8 Å². The Morgan fingerprint density at radius 1 is 0.404 bits per heavy atom. The Kier molecular flexibility index (Phi) is 35.1. The van der Waals surface area contributed by atoms with Gasteiger partial charge >= 0.3 is 17.9 Å². The van der Waals surface area contributed by atoms with Gasteiger partial charge in [0, 0.05) is 19.3 Å². The van der Waals surface area contributed by atoms with Crippen molar-refractivity contribution >= 4 is 17.9 Å². The smallest absolute Gasteiger partial charge is 0.306 e. The number of rotatable bonds is 35. The summed E-state index contributed by atoms with van der Waals surface area (Å²) in [4.78, 5) is 37.4. The topological polar surface area (TPSA) is 78.9 Å². The van der Waals surface area contributed by atoms with Crippen molar-refractivity contribution in [3.8, 4) is 0 Å². The molecule has 0 bridgehead atoms. The fraction of sp³-hybridized carbons (Fsp3) is 0.829. The molecule has 0 radical (unpaired) electrons. The van der Waals surface area contributed by atoms with Crippen LogP contribution in [0.25, 0.3) is 0 Å². The van der Waals surface area contributed by atoms with E-state index in [1.165, 1.54) is 64.2 Å². The summed E-state index contributed by atoms with van der Waals surface area (Å²) < 4.78 is 16.5. The molecular formula is C41H74O6. The molecule has 0 fully saturated rings. The third-order valence-electron chi connectivity index (χ3n) is 8.43. The van der Waals surface area contributed by atoms with Crippen LogP contribution in [0.3, 0.4) is 0 Å². The summed E-state index contributed by atoms with van der Waals surface area (Å²) in [6.07, 6.45) is 37.4. The van der Waals surface area contributed by atoms with Crippen LogP contribution in [-0.2, 0) is 28.6 Å². The fourth-order valence-electron chi connectivity index (χ4n) is 5.34. The zero-order chi connectivity index (χ0) is 34.5. The van der Waals surface area contributed by atoms with Crippen LogP contribution in [0.4, 0.5) is 0 Å². The van der Waals surface area contributed by atoms with Gasteiger partial charge in [-0.25, -0.2) is 0 Å². The van der Waals surface area contributed by atoms with E-state index < -0.39 is 6.10 Å². The molecule has 0 aromatic carbocycles. The highest BCUT2D eigenvalue weighted by molar-refractivity contribution is 5.71. The number of carbonyl (C=O) groups excluding carboxylic acids is 3. The van der Waals surface area contributed by atoms with E-state index in [1.807, 2.05) is 0 Å². The molecule has 47 heavy (non-hydrogen) atoms. The maximum absolute atomic E-state index is 12.6. The van der Waals surface area contributed by atoms with Crippen molar-refractivity contribution in [1.82, 2.24) is 0 Å². The molecule has 0 aliphatic carbocycles. The summed E-state index contributed by atoms with van der Waals surface area (Å²) in [5.41, 5.74) is 0. The molecule has 0 amide bonds. The molecule has 0 rings (SSSR count). The summed E-state index contributed by atoms with van der Waals surface area (Å²) in [5.74, 6) is -0.913. The van der Waals surface area contributed by atoms with Crippen LogP contribution in [0, 0.1) is 0 Å². The summed E-state index contributed by atoms with van der Waals surface area (Å²) in [5, 5.41) is 0. The lowest BCUT2D eigenvalue weighted by atomic mass is 10.1. The summed E-state index contributed by atoms with van der Waals surface area (Å²) in [6, 6.07) is 0. The first kappa shape index (κ1) is 44.9. The van der Waals surface area contributed by atoms with Crippen LogP contribution in [0.15, 0.2) is 24.3 Å². The van der Waals surface area contributed by atoms with Crippen molar-refractivity contribution in [3.05, 3.63) is 24.3 Å². The Balaban J connectivity index is 4.40. The second-order valence-corrected chi connectivity index (χ2v) is 13.2. The van der Waals surface area contributed by atoms with E-state index in [0.29, 0.717) is 19.3 Å². The van der Waals surface area contributed by atoms with Crippen molar-refractivity contribution in [3.63, 3.8) is 0 Å². The number of esters is 3. The van der Waals surface area contributed by atoms with Gasteiger partial charge in [-0.1, -0.05) is 148 Å². The van der Waals surface area contributed by atoms with Crippen molar-refractivity contribution in [2.24, 2.45) is 0 Å². The first-order chi connectivity index (χ1) is 23.0. The molecule has 1 unspecified atom stereocenters. The Morgan fingerprint density at radius 3 is 1.13 bits per heavy atom. The van der Waals surface area contributed by atoms with E-state index in [0.717, 1.165) is 96.3 Å². The number of hydrogen-bond donors (Lipinski definition) is 0. The van der Waals surface area contributed by atoms with Crippen LogP contribution in [0.2, 0.25) is 0 Å². The van der Waals surface area contributed by atoms with Crippen LogP contribution in [-0.4, -0.2) is 37.2 Å². The fourth-order valence-corrected chi connectivity index (χ4v) is 5.34. The minimum Gasteiger partial charge on any atom is -0.462 e. The Hall–Kier alpha value is -2.11. The summed E-state index contributed by atoms with van der Waals surface area (Å²) in [7, 11) is 0. The quantitative estimate of drug-likeness (QED) is 0.0291. The molecule has 0 aromatic heterocycles. The first-order valence-corrected chi connectivity index (χ1v) is 19.8. The number of unbranched alkanes of at least 4 members (excludes halogenated alkanes) is 20. The van der Waals surface area contributed by atoms with E-state index in [-0.39, 0.29) is 31.1 Å². The lowest BCUT2D eigenvalue weighted by Gasteiger charge is -2.18. The van der Waals surface area contributed by atoms with E-state index in [9.17, 15) is 14.4 Å². The maximum atomic E-state index is 12.6. The monoisotopic (exact) mass is 663 g/mol. The van der Waals surface area contributed by atoms with Gasteiger partial charge in [0.1, 0.15) is 13.2 Å². The van der Waals surface area contributed by atoms with Crippen LogP contribution >= 0.6 is 0 Å². The average molecular weight is 663 g/mol. The second-order valence-electron chi connectivity index (χ2n) is 13.2. The van der Waals surface area contributed by atoms with Gasteiger partial charge in [-0.3, -0.25) is 14.4 Å². The minimum atomic E-state index is -0.772. The Labute approximate surface area is 290 Å². The standard InChI is InChI=1S/C41H74O6/c1-4-7-10-13-16-19-22-25-28-31-34-40(43)46-37-38(36-45-39(42)33-30-27-24-21-18-15-12-9-6-3)47-41(44)35-32-29-26-23-20-17-14-11-8-5-2/h13-14,16-17,38H,4-12,15,18-37H2,1-3H3/b16-13-,17-14-. The zero-order valence-corrected chi connectivity index (χ0v) is 31.0. The third kappa shape index (κ3) is 35.0. The molecule has 0 N–H and O–H groups in total. The lowest BCUT2D eigenvalue weighted by Crippen LogP contribution is -2.30. The van der Waals surface area contributed by atoms with Crippen molar-refractivity contribution < 1.29 is 28.6 Å². The summed E-state index contributed by atoms with van der Waals surface area (Å²) in [6.45, 7) is 6.48. The van der Waals surface area contributed by atoms with Gasteiger partial charge in [0.05, 0.1) is 0 Å². The predicted molar refractivity (Wildman–Crippen MR) is 196 cm³/mol. The molecule has 0 aromatic rings. The number of hydrogen-bond acceptors (Lipinski definition) is 6. The summed E-state index contributed by atoms with van der Waals surface area (Å²) >= 11 is 0. The normalized spacial score (nSPS) is 12.1. The molecule has 6 nitrogen and oxygen atoms in total. The molecule has 1 atom stereocenters. The molecule has 0 aliphatic rings. The molecule has 0 heterocycles. The molecule has 274 valence electrons. The van der Waals surface area contributed by atoms with Gasteiger partial charge in [0.25, 0.3) is 0 Å². The SMILES string of the molecule is CCCC/C=C\CCCCCCC(=O)OCC(COC(=O)CCCCCCCCCCC)OC(=O)CCCCCC/C=C\CCCC. The van der Waals surface area contributed by atoms with Crippen molar-refractivity contribution in [2.75, 3.05) is 13.2 Å². The molecule has 0 saturated heterocycles. The minimum absolute atomic E-state index is 0.0780. The number of ether oxygens (including phenoxy) is 3. The van der Waals surface area contributed by atoms with Crippen molar-refractivity contribution in [1.29, 1.82) is 0 Å². The Bertz CT molecular complexity index is 774. The number of carbonyl (C=O) groups is 3. The van der Waals surface area contributed by atoms with E-state index in [2.05, 4.69) is 45.1 Å². The van der Waals surface area contributed by atoms with Gasteiger partial charge in [-0.15, -0.1) is 0 Å². The largest absolute Gasteiger partial charge is 0.462 e. The molecular weight excluding hydrogens is 588 g/mol. The third-order valence-corrected chi connectivity index (χ3v) is 8.43. The Morgan fingerprint density at radius 2 is 0.723 bits per heavy atom. The predicted octanol–water partition coefficient (Wildman–Crippen LogP) is 12.1.